The molecule has 0 saturated carbocycles. The molecule has 0 atom stereocenters. The van der Waals surface area contributed by atoms with Gasteiger partial charge in [0.2, 0.25) is 0 Å². The van der Waals surface area contributed by atoms with E-state index in [4.69, 9.17) is 0 Å². The van der Waals surface area contributed by atoms with Gasteiger partial charge in [-0.3, -0.25) is 0 Å². The molecule has 0 radical (unpaired) electrons. The first-order valence-corrected chi connectivity index (χ1v) is 7.72. The van der Waals surface area contributed by atoms with Crippen molar-refractivity contribution < 1.29 is 5.11 Å². The van der Waals surface area contributed by atoms with Gasteiger partial charge in [-0.1, -0.05) is 30.3 Å². The maximum absolute atomic E-state index is 9.24. The molecule has 20 heavy (non-hydrogen) atoms. The van der Waals surface area contributed by atoms with Crippen LogP contribution < -0.4 is 0 Å². The fraction of sp³-hybridized carbons (Fsp3) is 0.176. The highest BCUT2D eigenvalue weighted by Gasteiger charge is 2.02. The summed E-state index contributed by atoms with van der Waals surface area (Å²) in [6, 6.07) is 18.7. The van der Waals surface area contributed by atoms with Crippen LogP contribution in [0.25, 0.3) is 10.9 Å². The average Bonchev–Trinajstić information content (AvgIpc) is 2.91. The van der Waals surface area contributed by atoms with Crippen LogP contribution >= 0.6 is 11.8 Å². The van der Waals surface area contributed by atoms with Crippen molar-refractivity contribution in [3.8, 4) is 0 Å². The predicted molar refractivity (Wildman–Crippen MR) is 85.0 cm³/mol. The zero-order valence-electron chi connectivity index (χ0n) is 11.2. The van der Waals surface area contributed by atoms with Crippen LogP contribution in [0.15, 0.2) is 65.7 Å². The lowest BCUT2D eigenvalue weighted by atomic mass is 10.2. The summed E-state index contributed by atoms with van der Waals surface area (Å²) >= 11 is 1.87. The van der Waals surface area contributed by atoms with Crippen LogP contribution in [0, 0.1) is 0 Å². The molecule has 1 heterocycles. The Kier molecular flexibility index (Phi) is 4.09. The highest BCUT2D eigenvalue weighted by Crippen LogP contribution is 2.21. The first kappa shape index (κ1) is 13.3. The van der Waals surface area contributed by atoms with Gasteiger partial charge in [-0.2, -0.15) is 0 Å². The summed E-state index contributed by atoms with van der Waals surface area (Å²) in [7, 11) is 0. The maximum Gasteiger partial charge on any atom is 0.0682 e. The number of aromatic nitrogens is 1. The third-order valence-electron chi connectivity index (χ3n) is 3.37. The molecule has 0 fully saturated rings. The molecule has 0 aliphatic carbocycles. The first-order chi connectivity index (χ1) is 9.86. The van der Waals surface area contributed by atoms with Crippen LogP contribution in [0.2, 0.25) is 0 Å². The predicted octanol–water partition coefficient (Wildman–Crippen LogP) is 3.93. The van der Waals surface area contributed by atoms with Crippen molar-refractivity contribution in [3.05, 3.63) is 66.4 Å². The van der Waals surface area contributed by atoms with Crippen LogP contribution in [-0.4, -0.2) is 15.4 Å². The average molecular weight is 283 g/mol. The lowest BCUT2D eigenvalue weighted by Crippen LogP contribution is -1.98. The summed E-state index contributed by atoms with van der Waals surface area (Å²) in [5.41, 5.74) is 2.17. The number of nitrogens with zero attached hydrogens (tertiary/aromatic N) is 1. The molecule has 2 nitrogen and oxygen atoms in total. The van der Waals surface area contributed by atoms with E-state index in [9.17, 15) is 5.11 Å². The van der Waals surface area contributed by atoms with Crippen molar-refractivity contribution in [1.29, 1.82) is 0 Å². The van der Waals surface area contributed by atoms with E-state index in [-0.39, 0.29) is 6.61 Å². The molecular weight excluding hydrogens is 266 g/mol. The smallest absolute Gasteiger partial charge is 0.0682 e. The highest BCUT2D eigenvalue weighted by molar-refractivity contribution is 7.99. The molecule has 1 N–H and O–H groups in total. The molecule has 3 aromatic rings. The topological polar surface area (TPSA) is 25.2 Å². The Morgan fingerprint density at radius 1 is 1.00 bits per heavy atom. The van der Waals surface area contributed by atoms with E-state index < -0.39 is 0 Å². The van der Waals surface area contributed by atoms with Crippen molar-refractivity contribution in [2.24, 2.45) is 0 Å². The van der Waals surface area contributed by atoms with E-state index in [1.54, 1.807) is 0 Å². The van der Waals surface area contributed by atoms with E-state index in [1.807, 2.05) is 23.9 Å². The Bertz CT molecular complexity index is 691. The SMILES string of the molecule is OCc1ccc2ccn(CCSc3ccccc3)c2c1. The summed E-state index contributed by atoms with van der Waals surface area (Å²) in [5, 5.41) is 10.5. The Balaban J connectivity index is 1.71. The number of aryl methyl sites for hydroxylation is 1. The van der Waals surface area contributed by atoms with E-state index >= 15 is 0 Å². The lowest BCUT2D eigenvalue weighted by molar-refractivity contribution is 0.282. The molecule has 0 bridgehead atoms. The van der Waals surface area contributed by atoms with Crippen LogP contribution in [0.4, 0.5) is 0 Å². The van der Waals surface area contributed by atoms with Gasteiger partial charge in [0.25, 0.3) is 0 Å². The number of thioether (sulfide) groups is 1. The minimum absolute atomic E-state index is 0.0971. The zero-order chi connectivity index (χ0) is 13.8. The van der Waals surface area contributed by atoms with Gasteiger partial charge in [-0.05, 0) is 35.2 Å². The lowest BCUT2D eigenvalue weighted by Gasteiger charge is -2.06. The molecular formula is C17H17NOS. The third-order valence-corrected chi connectivity index (χ3v) is 4.36. The van der Waals surface area contributed by atoms with Gasteiger partial charge in [0.05, 0.1) is 6.61 Å². The van der Waals surface area contributed by atoms with E-state index in [0.29, 0.717) is 0 Å². The van der Waals surface area contributed by atoms with Gasteiger partial charge in [0.1, 0.15) is 0 Å². The van der Waals surface area contributed by atoms with E-state index in [2.05, 4.69) is 53.2 Å². The normalized spacial score (nSPS) is 11.1. The fourth-order valence-electron chi connectivity index (χ4n) is 2.30. The van der Waals surface area contributed by atoms with E-state index in [1.165, 1.54) is 15.8 Å². The quantitative estimate of drug-likeness (QED) is 0.718. The molecule has 0 amide bonds. The second kappa shape index (κ2) is 6.16. The summed E-state index contributed by atoms with van der Waals surface area (Å²) in [6.45, 7) is 1.07. The van der Waals surface area contributed by atoms with Gasteiger partial charge in [-0.15, -0.1) is 11.8 Å². The van der Waals surface area contributed by atoms with Gasteiger partial charge in [0.15, 0.2) is 0 Å². The summed E-state index contributed by atoms with van der Waals surface area (Å²) in [4.78, 5) is 1.31. The van der Waals surface area contributed by atoms with Crippen molar-refractivity contribution in [1.82, 2.24) is 4.57 Å². The van der Waals surface area contributed by atoms with Gasteiger partial charge in [0, 0.05) is 28.9 Å². The second-order valence-corrected chi connectivity index (χ2v) is 5.89. The molecule has 0 saturated heterocycles. The molecule has 0 aliphatic heterocycles. The summed E-state index contributed by atoms with van der Waals surface area (Å²) in [6.07, 6.45) is 2.12. The highest BCUT2D eigenvalue weighted by atomic mass is 32.2. The maximum atomic E-state index is 9.24. The molecule has 0 unspecified atom stereocenters. The number of aliphatic hydroxyl groups excluding tert-OH is 1. The van der Waals surface area contributed by atoms with Gasteiger partial charge < -0.3 is 9.67 Å². The Morgan fingerprint density at radius 2 is 1.85 bits per heavy atom. The molecule has 102 valence electrons. The Morgan fingerprint density at radius 3 is 2.65 bits per heavy atom. The second-order valence-electron chi connectivity index (χ2n) is 4.72. The number of aliphatic hydroxyl groups is 1. The molecule has 3 rings (SSSR count). The fourth-order valence-corrected chi connectivity index (χ4v) is 3.17. The Labute approximate surface area is 123 Å². The minimum atomic E-state index is 0.0971. The van der Waals surface area contributed by atoms with Crippen molar-refractivity contribution in [2.45, 2.75) is 18.0 Å². The third kappa shape index (κ3) is 2.89. The standard InChI is InChI=1S/C17H17NOS/c19-13-14-6-7-15-8-9-18(17(15)12-14)10-11-20-16-4-2-1-3-5-16/h1-9,12,19H,10-11,13H2. The summed E-state index contributed by atoms with van der Waals surface area (Å²) in [5.74, 6) is 1.04. The van der Waals surface area contributed by atoms with Crippen molar-refractivity contribution in [3.63, 3.8) is 0 Å². The van der Waals surface area contributed by atoms with Crippen molar-refractivity contribution in [2.75, 3.05) is 5.75 Å². The van der Waals surface area contributed by atoms with Crippen LogP contribution in [-0.2, 0) is 13.2 Å². The van der Waals surface area contributed by atoms with Crippen LogP contribution in [0.3, 0.4) is 0 Å². The number of hydrogen-bond acceptors (Lipinski definition) is 2. The minimum Gasteiger partial charge on any atom is -0.392 e. The summed E-state index contributed by atoms with van der Waals surface area (Å²) < 4.78 is 2.25. The molecule has 1 aromatic heterocycles. The van der Waals surface area contributed by atoms with E-state index in [0.717, 1.165) is 17.9 Å². The monoisotopic (exact) mass is 283 g/mol. The molecule has 0 aliphatic rings. The first-order valence-electron chi connectivity index (χ1n) is 6.73. The zero-order valence-corrected chi connectivity index (χ0v) is 12.0. The Hall–Kier alpha value is -1.71. The van der Waals surface area contributed by atoms with Crippen LogP contribution in [0.1, 0.15) is 5.56 Å². The number of hydrogen-bond donors (Lipinski definition) is 1. The molecule has 0 spiro atoms. The molecule has 3 heteroatoms. The van der Waals surface area contributed by atoms with Gasteiger partial charge in [-0.25, -0.2) is 0 Å². The number of fused-ring (bicyclic) bond motifs is 1. The molecule has 2 aromatic carbocycles. The number of benzene rings is 2. The van der Waals surface area contributed by atoms with Crippen molar-refractivity contribution >= 4 is 22.7 Å². The van der Waals surface area contributed by atoms with Crippen LogP contribution in [0.5, 0.6) is 0 Å². The van der Waals surface area contributed by atoms with Gasteiger partial charge >= 0.3 is 0 Å². The number of rotatable bonds is 5. The largest absolute Gasteiger partial charge is 0.392 e.